The number of amides is 2. The minimum atomic E-state index is -0.597. The van der Waals surface area contributed by atoms with Crippen molar-refractivity contribution in [2.75, 3.05) is 0 Å². The molecular formula is C26H28N4O3S. The van der Waals surface area contributed by atoms with Gasteiger partial charge in [-0.15, -0.1) is 11.3 Å². The number of hydrogen-bond acceptors (Lipinski definition) is 6. The molecule has 1 atom stereocenters. The molecule has 5 rings (SSSR count). The van der Waals surface area contributed by atoms with E-state index in [1.54, 1.807) is 17.8 Å². The lowest BCUT2D eigenvalue weighted by Gasteiger charge is -2.38. The van der Waals surface area contributed by atoms with E-state index in [-0.39, 0.29) is 30.1 Å². The molecular weight excluding hydrogens is 448 g/mol. The number of nitrogens with one attached hydrogen (secondary N) is 1. The zero-order valence-corrected chi connectivity index (χ0v) is 20.1. The minimum absolute atomic E-state index is 0.0640. The predicted molar refractivity (Wildman–Crippen MR) is 130 cm³/mol. The van der Waals surface area contributed by atoms with E-state index >= 15 is 0 Å². The molecule has 1 N–H and O–H groups in total. The number of benzene rings is 1. The van der Waals surface area contributed by atoms with Crippen LogP contribution in [0.25, 0.3) is 10.6 Å². The highest BCUT2D eigenvalue weighted by atomic mass is 32.1. The second-order valence-corrected chi connectivity index (χ2v) is 10.3. The van der Waals surface area contributed by atoms with Crippen molar-refractivity contribution in [1.82, 2.24) is 20.2 Å². The van der Waals surface area contributed by atoms with Gasteiger partial charge >= 0.3 is 6.09 Å². The lowest BCUT2D eigenvalue weighted by atomic mass is 9.86. The Morgan fingerprint density at radius 2 is 1.88 bits per heavy atom. The number of aromatic nitrogens is 2. The molecule has 1 saturated heterocycles. The van der Waals surface area contributed by atoms with E-state index in [1.807, 2.05) is 49.1 Å². The summed E-state index contributed by atoms with van der Waals surface area (Å²) in [5.41, 5.74) is 1.82. The molecule has 34 heavy (non-hydrogen) atoms. The zero-order chi connectivity index (χ0) is 23.7. The monoisotopic (exact) mass is 476 g/mol. The smallest absolute Gasteiger partial charge is 0.411 e. The van der Waals surface area contributed by atoms with Gasteiger partial charge in [0.25, 0.3) is 5.91 Å². The number of rotatable bonds is 5. The Balaban J connectivity index is 1.22. The van der Waals surface area contributed by atoms with E-state index < -0.39 is 5.60 Å². The number of carbonyl (C=O) groups excluding carboxylic acids is 2. The second-order valence-electron chi connectivity index (χ2n) is 9.45. The SMILES string of the molecule is CC1(C)OC(=O)N(C2CCC(NC(=O)c3csc(-c4cccnc4)n3)CC2)C1c1ccccc1. The number of cyclic esters (lactones) is 1. The van der Waals surface area contributed by atoms with Crippen molar-refractivity contribution in [3.63, 3.8) is 0 Å². The molecule has 2 aromatic heterocycles. The van der Waals surface area contributed by atoms with Gasteiger partial charge in [-0.25, -0.2) is 9.78 Å². The van der Waals surface area contributed by atoms with Crippen LogP contribution in [0.3, 0.4) is 0 Å². The molecule has 1 aromatic carbocycles. The highest BCUT2D eigenvalue weighted by Crippen LogP contribution is 2.44. The molecule has 2 amide bonds. The van der Waals surface area contributed by atoms with Crippen molar-refractivity contribution in [2.24, 2.45) is 0 Å². The molecule has 7 nitrogen and oxygen atoms in total. The van der Waals surface area contributed by atoms with E-state index in [9.17, 15) is 9.59 Å². The Labute approximate surface area is 203 Å². The lowest BCUT2D eigenvalue weighted by molar-refractivity contribution is 0.0663. The Hall–Kier alpha value is -3.26. The predicted octanol–water partition coefficient (Wildman–Crippen LogP) is 5.22. The van der Waals surface area contributed by atoms with E-state index in [1.165, 1.54) is 11.3 Å². The molecule has 1 aliphatic carbocycles. The highest BCUT2D eigenvalue weighted by molar-refractivity contribution is 7.13. The number of carbonyl (C=O) groups is 2. The fourth-order valence-corrected chi connectivity index (χ4v) is 5.88. The Bertz CT molecular complexity index is 1160. The molecule has 8 heteroatoms. The molecule has 2 fully saturated rings. The van der Waals surface area contributed by atoms with Crippen LogP contribution in [0.5, 0.6) is 0 Å². The van der Waals surface area contributed by atoms with Crippen LogP contribution in [0, 0.1) is 0 Å². The van der Waals surface area contributed by atoms with E-state index in [0.717, 1.165) is 41.8 Å². The summed E-state index contributed by atoms with van der Waals surface area (Å²) in [5, 5.41) is 5.71. The van der Waals surface area contributed by atoms with Gasteiger partial charge in [-0.1, -0.05) is 30.3 Å². The van der Waals surface area contributed by atoms with Crippen LogP contribution >= 0.6 is 11.3 Å². The molecule has 0 radical (unpaired) electrons. The van der Waals surface area contributed by atoms with Crippen LogP contribution in [0.1, 0.15) is 61.6 Å². The molecule has 1 aliphatic heterocycles. The molecule has 0 bridgehead atoms. The standard InChI is InChI=1S/C26H28N4O3S/c1-26(2)22(17-7-4-3-5-8-17)30(25(32)33-26)20-12-10-19(11-13-20)28-23(31)21-16-34-24(29-21)18-9-6-14-27-15-18/h3-9,14-16,19-20,22H,10-13H2,1-2H3,(H,28,31). The Morgan fingerprint density at radius 3 is 2.59 bits per heavy atom. The molecule has 1 unspecified atom stereocenters. The van der Waals surface area contributed by atoms with Crippen molar-refractivity contribution in [3.8, 4) is 10.6 Å². The second kappa shape index (κ2) is 9.18. The van der Waals surface area contributed by atoms with Crippen LogP contribution in [0.15, 0.2) is 60.2 Å². The average molecular weight is 477 g/mol. The van der Waals surface area contributed by atoms with Gasteiger partial charge in [-0.2, -0.15) is 0 Å². The van der Waals surface area contributed by atoms with Gasteiger partial charge in [-0.05, 0) is 57.2 Å². The third kappa shape index (κ3) is 4.42. The Morgan fingerprint density at radius 1 is 1.12 bits per heavy atom. The third-order valence-corrected chi connectivity index (χ3v) is 7.58. The first-order chi connectivity index (χ1) is 16.4. The zero-order valence-electron chi connectivity index (χ0n) is 19.3. The first-order valence-corrected chi connectivity index (χ1v) is 12.5. The van der Waals surface area contributed by atoms with Gasteiger partial charge in [0.1, 0.15) is 16.3 Å². The molecule has 2 aliphatic rings. The van der Waals surface area contributed by atoms with Crippen LogP contribution in [-0.4, -0.2) is 44.6 Å². The first kappa shape index (κ1) is 22.5. The normalized spacial score (nSPS) is 24.0. The van der Waals surface area contributed by atoms with E-state index in [2.05, 4.69) is 27.4 Å². The van der Waals surface area contributed by atoms with Gasteiger partial charge in [0.2, 0.25) is 0 Å². The van der Waals surface area contributed by atoms with Gasteiger partial charge in [-0.3, -0.25) is 14.7 Å². The number of thiazole rings is 1. The van der Waals surface area contributed by atoms with Crippen LogP contribution in [-0.2, 0) is 4.74 Å². The lowest BCUT2D eigenvalue weighted by Crippen LogP contribution is -2.46. The van der Waals surface area contributed by atoms with Crippen molar-refractivity contribution in [2.45, 2.75) is 63.3 Å². The average Bonchev–Trinajstić information content (AvgIpc) is 3.43. The first-order valence-electron chi connectivity index (χ1n) is 11.7. The summed E-state index contributed by atoms with van der Waals surface area (Å²) in [6.07, 6.45) is 6.45. The minimum Gasteiger partial charge on any atom is -0.441 e. The maximum Gasteiger partial charge on any atom is 0.411 e. The highest BCUT2D eigenvalue weighted by Gasteiger charge is 2.51. The topological polar surface area (TPSA) is 84.4 Å². The summed E-state index contributed by atoms with van der Waals surface area (Å²) in [6, 6.07) is 13.9. The van der Waals surface area contributed by atoms with Gasteiger partial charge in [0.15, 0.2) is 0 Å². The van der Waals surface area contributed by atoms with E-state index in [0.29, 0.717) is 5.69 Å². The molecule has 1 saturated carbocycles. The number of ether oxygens (including phenoxy) is 1. The number of hydrogen-bond donors (Lipinski definition) is 1. The van der Waals surface area contributed by atoms with Crippen molar-refractivity contribution in [3.05, 3.63) is 71.5 Å². The van der Waals surface area contributed by atoms with Crippen LogP contribution < -0.4 is 5.32 Å². The maximum atomic E-state index is 12.9. The Kier molecular flexibility index (Phi) is 6.08. The largest absolute Gasteiger partial charge is 0.441 e. The molecule has 3 aromatic rings. The van der Waals surface area contributed by atoms with Gasteiger partial charge in [0, 0.05) is 35.4 Å². The number of nitrogens with zero attached hydrogens (tertiary/aromatic N) is 3. The van der Waals surface area contributed by atoms with Crippen molar-refractivity contribution < 1.29 is 14.3 Å². The summed E-state index contributed by atoms with van der Waals surface area (Å²) < 4.78 is 5.78. The molecule has 176 valence electrons. The van der Waals surface area contributed by atoms with Crippen molar-refractivity contribution >= 4 is 23.3 Å². The fraction of sp³-hybridized carbons (Fsp3) is 0.385. The fourth-order valence-electron chi connectivity index (χ4n) is 5.09. The third-order valence-electron chi connectivity index (χ3n) is 6.68. The summed E-state index contributed by atoms with van der Waals surface area (Å²) in [7, 11) is 0. The van der Waals surface area contributed by atoms with Gasteiger partial charge in [0.05, 0.1) is 6.04 Å². The quantitative estimate of drug-likeness (QED) is 0.546. The molecule has 3 heterocycles. The summed E-state index contributed by atoms with van der Waals surface area (Å²) in [5.74, 6) is -0.154. The molecule has 0 spiro atoms. The number of pyridine rings is 1. The summed E-state index contributed by atoms with van der Waals surface area (Å²) >= 11 is 1.44. The van der Waals surface area contributed by atoms with Crippen LogP contribution in [0.4, 0.5) is 4.79 Å². The van der Waals surface area contributed by atoms with Crippen molar-refractivity contribution in [1.29, 1.82) is 0 Å². The summed E-state index contributed by atoms with van der Waals surface area (Å²) in [4.78, 5) is 36.2. The van der Waals surface area contributed by atoms with E-state index in [4.69, 9.17) is 4.74 Å². The summed E-state index contributed by atoms with van der Waals surface area (Å²) in [6.45, 7) is 3.95. The van der Waals surface area contributed by atoms with Gasteiger partial charge < -0.3 is 10.1 Å². The maximum absolute atomic E-state index is 12.9. The van der Waals surface area contributed by atoms with Crippen LogP contribution in [0.2, 0.25) is 0 Å².